The molecule has 0 atom stereocenters. The average Bonchev–Trinajstić information content (AvgIpc) is 2.48. The molecule has 1 heterocycles. The van der Waals surface area contributed by atoms with Gasteiger partial charge in [0, 0.05) is 18.2 Å². The maximum Gasteiger partial charge on any atom is 0.120 e. The maximum atomic E-state index is 5.69. The van der Waals surface area contributed by atoms with Crippen molar-refractivity contribution in [2.45, 2.75) is 44.4 Å². The lowest BCUT2D eigenvalue weighted by Crippen LogP contribution is -2.41. The van der Waals surface area contributed by atoms with Gasteiger partial charge in [-0.25, -0.2) is 0 Å². The van der Waals surface area contributed by atoms with Crippen molar-refractivity contribution < 1.29 is 0 Å². The Bertz CT molecular complexity index is 351. The van der Waals surface area contributed by atoms with Crippen molar-refractivity contribution in [3.63, 3.8) is 0 Å². The number of halogens is 1. The molecule has 0 unspecified atom stereocenters. The van der Waals surface area contributed by atoms with E-state index in [2.05, 4.69) is 10.2 Å². The van der Waals surface area contributed by atoms with Gasteiger partial charge in [-0.3, -0.25) is 0 Å². The second-order valence-corrected chi connectivity index (χ2v) is 6.40. The maximum absolute atomic E-state index is 5.69. The summed E-state index contributed by atoms with van der Waals surface area (Å²) < 4.78 is 0. The van der Waals surface area contributed by atoms with Gasteiger partial charge in [0.25, 0.3) is 0 Å². The topological polar surface area (TPSA) is 25.8 Å². The lowest BCUT2D eigenvalue weighted by molar-refractivity contribution is 0.00874. The predicted octanol–water partition coefficient (Wildman–Crippen LogP) is 3.37. The van der Waals surface area contributed by atoms with Crippen LogP contribution < -0.4 is 0 Å². The first-order chi connectivity index (χ1) is 7.31. The van der Waals surface area contributed by atoms with Gasteiger partial charge in [0.1, 0.15) is 10.0 Å². The van der Waals surface area contributed by atoms with Gasteiger partial charge in [0.15, 0.2) is 0 Å². The second kappa shape index (κ2) is 3.70. The predicted molar refractivity (Wildman–Crippen MR) is 62.6 cm³/mol. The average molecular weight is 243 g/mol. The van der Waals surface area contributed by atoms with Crippen molar-refractivity contribution in [3.8, 4) is 0 Å². The van der Waals surface area contributed by atoms with Crippen molar-refractivity contribution in [3.05, 3.63) is 10.0 Å². The summed E-state index contributed by atoms with van der Waals surface area (Å²) in [6.45, 7) is 0. The molecule has 4 heteroatoms. The van der Waals surface area contributed by atoms with Crippen LogP contribution in [-0.2, 0) is 6.42 Å². The Labute approximate surface area is 99.1 Å². The molecule has 0 amide bonds. The minimum Gasteiger partial charge on any atom is -0.144 e. The molecule has 2 fully saturated rings. The van der Waals surface area contributed by atoms with Crippen molar-refractivity contribution in [2.75, 3.05) is 5.88 Å². The van der Waals surface area contributed by atoms with Crippen LogP contribution in [0, 0.1) is 5.41 Å². The number of hydrogen-bond donors (Lipinski definition) is 0. The monoisotopic (exact) mass is 242 g/mol. The van der Waals surface area contributed by atoms with Crippen molar-refractivity contribution in [1.29, 1.82) is 0 Å². The van der Waals surface area contributed by atoms with Crippen molar-refractivity contribution >= 4 is 22.9 Å². The summed E-state index contributed by atoms with van der Waals surface area (Å²) in [6.07, 6.45) is 7.95. The van der Waals surface area contributed by atoms with Crippen LogP contribution in [-0.4, -0.2) is 16.1 Å². The fourth-order valence-electron chi connectivity index (χ4n) is 2.86. The molecule has 3 rings (SSSR count). The van der Waals surface area contributed by atoms with Crippen LogP contribution in [0.3, 0.4) is 0 Å². The van der Waals surface area contributed by atoms with Gasteiger partial charge in [-0.15, -0.1) is 33.1 Å². The van der Waals surface area contributed by atoms with E-state index in [-0.39, 0.29) is 0 Å². The van der Waals surface area contributed by atoms with Gasteiger partial charge in [0.05, 0.1) is 0 Å². The molecule has 0 bridgehead atoms. The molecule has 2 aliphatic carbocycles. The molecule has 15 heavy (non-hydrogen) atoms. The van der Waals surface area contributed by atoms with Crippen LogP contribution in [0.25, 0.3) is 0 Å². The van der Waals surface area contributed by atoms with Gasteiger partial charge >= 0.3 is 0 Å². The molecule has 0 radical (unpaired) electrons. The minimum atomic E-state index is 0.656. The Hall–Kier alpha value is -0.150. The van der Waals surface area contributed by atoms with E-state index in [4.69, 9.17) is 11.6 Å². The van der Waals surface area contributed by atoms with Crippen LogP contribution >= 0.6 is 22.9 Å². The SMILES string of the molecule is ClCCc1nnc(C2CC3(CCC3)C2)s1. The van der Waals surface area contributed by atoms with E-state index in [0.29, 0.717) is 11.8 Å². The number of hydrogen-bond acceptors (Lipinski definition) is 3. The normalized spacial score (nSPS) is 23.8. The zero-order valence-corrected chi connectivity index (χ0v) is 10.3. The van der Waals surface area contributed by atoms with Crippen LogP contribution in [0.4, 0.5) is 0 Å². The van der Waals surface area contributed by atoms with E-state index in [1.165, 1.54) is 37.1 Å². The van der Waals surface area contributed by atoms with Crippen LogP contribution in [0.1, 0.15) is 48.0 Å². The first kappa shape index (κ1) is 10.0. The van der Waals surface area contributed by atoms with Crippen LogP contribution in [0.2, 0.25) is 0 Å². The molecule has 2 aliphatic rings. The van der Waals surface area contributed by atoms with E-state index < -0.39 is 0 Å². The van der Waals surface area contributed by atoms with Crippen molar-refractivity contribution in [2.24, 2.45) is 5.41 Å². The third-order valence-electron chi connectivity index (χ3n) is 3.91. The highest BCUT2D eigenvalue weighted by Crippen LogP contribution is 2.62. The summed E-state index contributed by atoms with van der Waals surface area (Å²) in [4.78, 5) is 0. The molecule has 2 saturated carbocycles. The summed E-state index contributed by atoms with van der Waals surface area (Å²) in [5.74, 6) is 1.37. The highest BCUT2D eigenvalue weighted by Gasteiger charge is 2.49. The van der Waals surface area contributed by atoms with Gasteiger partial charge in [0.2, 0.25) is 0 Å². The number of aromatic nitrogens is 2. The number of alkyl halides is 1. The molecule has 1 aromatic heterocycles. The summed E-state index contributed by atoms with van der Waals surface area (Å²) in [5, 5.41) is 10.8. The van der Waals surface area contributed by atoms with Crippen LogP contribution in [0.5, 0.6) is 0 Å². The third kappa shape index (κ3) is 1.70. The van der Waals surface area contributed by atoms with E-state index in [0.717, 1.165) is 16.8 Å². The summed E-state index contributed by atoms with van der Waals surface area (Å²) >= 11 is 7.46. The summed E-state index contributed by atoms with van der Waals surface area (Å²) in [7, 11) is 0. The number of rotatable bonds is 3. The van der Waals surface area contributed by atoms with E-state index >= 15 is 0 Å². The van der Waals surface area contributed by atoms with Gasteiger partial charge in [-0.1, -0.05) is 6.42 Å². The molecule has 82 valence electrons. The Kier molecular flexibility index (Phi) is 2.48. The Morgan fingerprint density at radius 3 is 2.73 bits per heavy atom. The molecule has 0 aromatic carbocycles. The summed E-state index contributed by atoms with van der Waals surface area (Å²) in [5.41, 5.74) is 0.739. The molecule has 1 spiro atoms. The molecule has 1 aromatic rings. The lowest BCUT2D eigenvalue weighted by Gasteiger charge is -2.53. The molecule has 0 N–H and O–H groups in total. The standard InChI is InChI=1S/C11H15ClN2S/c12-5-2-9-13-14-10(15-9)8-6-11(7-8)3-1-4-11/h8H,1-7H2. The molecular formula is C11H15ClN2S. The summed E-state index contributed by atoms with van der Waals surface area (Å²) in [6, 6.07) is 0. The number of aryl methyl sites for hydroxylation is 1. The van der Waals surface area contributed by atoms with Crippen molar-refractivity contribution in [1.82, 2.24) is 10.2 Å². The molecular weight excluding hydrogens is 228 g/mol. The first-order valence-corrected chi connectivity index (χ1v) is 7.05. The second-order valence-electron chi connectivity index (χ2n) is 4.93. The zero-order valence-electron chi connectivity index (χ0n) is 8.71. The van der Waals surface area contributed by atoms with Gasteiger partial charge in [-0.05, 0) is 31.1 Å². The Morgan fingerprint density at radius 1 is 1.33 bits per heavy atom. The van der Waals surface area contributed by atoms with Gasteiger partial charge in [-0.2, -0.15) is 0 Å². The Balaban J connectivity index is 1.62. The zero-order chi connectivity index (χ0) is 10.3. The quantitative estimate of drug-likeness (QED) is 0.760. The molecule has 2 nitrogen and oxygen atoms in total. The molecule has 0 saturated heterocycles. The highest BCUT2D eigenvalue weighted by molar-refractivity contribution is 7.11. The van der Waals surface area contributed by atoms with Crippen LogP contribution in [0.15, 0.2) is 0 Å². The lowest BCUT2D eigenvalue weighted by atomic mass is 9.52. The number of nitrogens with zero attached hydrogens (tertiary/aromatic N) is 2. The smallest absolute Gasteiger partial charge is 0.120 e. The minimum absolute atomic E-state index is 0.656. The Morgan fingerprint density at radius 2 is 2.13 bits per heavy atom. The first-order valence-electron chi connectivity index (χ1n) is 5.70. The van der Waals surface area contributed by atoms with E-state index in [9.17, 15) is 0 Å². The largest absolute Gasteiger partial charge is 0.144 e. The third-order valence-corrected chi connectivity index (χ3v) is 5.25. The highest BCUT2D eigenvalue weighted by atomic mass is 35.5. The fourth-order valence-corrected chi connectivity index (χ4v) is 4.09. The molecule has 0 aliphatic heterocycles. The van der Waals surface area contributed by atoms with E-state index in [1.54, 1.807) is 11.3 Å². The van der Waals surface area contributed by atoms with E-state index in [1.807, 2.05) is 0 Å². The fraction of sp³-hybridized carbons (Fsp3) is 0.818. The van der Waals surface area contributed by atoms with Gasteiger partial charge < -0.3 is 0 Å².